The van der Waals surface area contributed by atoms with Crippen molar-refractivity contribution in [2.24, 2.45) is 0 Å². The van der Waals surface area contributed by atoms with Crippen molar-refractivity contribution < 1.29 is 33.7 Å². The van der Waals surface area contributed by atoms with Gasteiger partial charge in [-0.15, -0.1) is 0 Å². The van der Waals surface area contributed by atoms with Gasteiger partial charge in [0.15, 0.2) is 0 Å². The number of likely N-dealkylation sites (tertiary alicyclic amines) is 1. The molecular weight excluding hydrogens is 476 g/mol. The Kier molecular flexibility index (Phi) is 7.52. The van der Waals surface area contributed by atoms with Crippen LogP contribution in [0.25, 0.3) is 5.76 Å². The van der Waals surface area contributed by atoms with E-state index >= 15 is 0 Å². The van der Waals surface area contributed by atoms with E-state index in [1.54, 1.807) is 67.8 Å². The molecule has 1 atom stereocenters. The molecule has 0 spiro atoms. The van der Waals surface area contributed by atoms with E-state index in [2.05, 4.69) is 4.98 Å². The Morgan fingerprint density at radius 3 is 2.43 bits per heavy atom. The van der Waals surface area contributed by atoms with Crippen LogP contribution < -0.4 is 9.47 Å². The van der Waals surface area contributed by atoms with E-state index < -0.39 is 23.7 Å². The average Bonchev–Trinajstić information content (AvgIpc) is 3.18. The van der Waals surface area contributed by atoms with Gasteiger partial charge in [0.25, 0.3) is 11.7 Å². The van der Waals surface area contributed by atoms with Crippen LogP contribution in [0.2, 0.25) is 0 Å². The summed E-state index contributed by atoms with van der Waals surface area (Å²) >= 11 is 0. The highest BCUT2D eigenvalue weighted by Crippen LogP contribution is 2.42. The van der Waals surface area contributed by atoms with Crippen molar-refractivity contribution in [1.82, 2.24) is 9.88 Å². The molecule has 3 aromatic rings. The third kappa shape index (κ3) is 5.02. The highest BCUT2D eigenvalue weighted by Gasteiger charge is 2.46. The fraction of sp³-hybridized carbons (Fsp3) is 0.214. The fourth-order valence-corrected chi connectivity index (χ4v) is 4.23. The summed E-state index contributed by atoms with van der Waals surface area (Å²) in [6.45, 7) is 2.04. The van der Waals surface area contributed by atoms with Crippen LogP contribution in [0, 0.1) is 0 Å². The van der Waals surface area contributed by atoms with Crippen LogP contribution in [0.5, 0.6) is 11.5 Å². The summed E-state index contributed by atoms with van der Waals surface area (Å²) in [6, 6.07) is 13.9. The first-order valence-electron chi connectivity index (χ1n) is 11.6. The number of rotatable bonds is 8. The van der Waals surface area contributed by atoms with Gasteiger partial charge in [0.1, 0.15) is 17.3 Å². The molecule has 2 heterocycles. The van der Waals surface area contributed by atoms with E-state index in [1.165, 1.54) is 25.2 Å². The number of benzene rings is 2. The first-order valence-corrected chi connectivity index (χ1v) is 11.6. The Hall–Kier alpha value is -4.66. The predicted molar refractivity (Wildman–Crippen MR) is 134 cm³/mol. The molecule has 1 unspecified atom stereocenters. The van der Waals surface area contributed by atoms with Crippen molar-refractivity contribution in [3.05, 3.63) is 94.8 Å². The normalized spacial score (nSPS) is 16.5. The van der Waals surface area contributed by atoms with Crippen molar-refractivity contribution >= 4 is 23.4 Å². The molecule has 190 valence electrons. The smallest absolute Gasteiger partial charge is 0.338 e. The molecule has 9 nitrogen and oxygen atoms in total. The molecule has 1 aliphatic rings. The number of ketones is 1. The van der Waals surface area contributed by atoms with Crippen molar-refractivity contribution in [1.29, 1.82) is 0 Å². The van der Waals surface area contributed by atoms with Crippen LogP contribution in [0.15, 0.2) is 72.6 Å². The number of carbonyl (C=O) groups excluding carboxylic acids is 3. The van der Waals surface area contributed by atoms with E-state index in [-0.39, 0.29) is 30.0 Å². The Labute approximate surface area is 213 Å². The van der Waals surface area contributed by atoms with Gasteiger partial charge in [0.2, 0.25) is 0 Å². The minimum atomic E-state index is -0.908. The Morgan fingerprint density at radius 1 is 1.05 bits per heavy atom. The lowest BCUT2D eigenvalue weighted by molar-refractivity contribution is -0.140. The third-order valence-corrected chi connectivity index (χ3v) is 6.02. The molecule has 1 saturated heterocycles. The summed E-state index contributed by atoms with van der Waals surface area (Å²) in [5, 5.41) is 11.4. The number of aliphatic hydroxyl groups excluding tert-OH is 1. The topological polar surface area (TPSA) is 115 Å². The lowest BCUT2D eigenvalue weighted by Crippen LogP contribution is -2.29. The van der Waals surface area contributed by atoms with Crippen LogP contribution in [0.4, 0.5) is 0 Å². The largest absolute Gasteiger partial charge is 0.507 e. The molecule has 1 amide bonds. The number of aromatic nitrogens is 1. The zero-order valence-electron chi connectivity index (χ0n) is 20.6. The number of hydrogen-bond donors (Lipinski definition) is 1. The standard InChI is InChI=1S/C28H26N2O7/c1-4-37-28(34)18-9-7-17(8-10-18)16-30-24(19-6-5-13-29-15-19)23(26(32)27(30)33)25(31)21-14-20(35-2)11-12-22(21)36-3/h5-15,24,31H,4,16H2,1-3H3/b25-23+. The lowest BCUT2D eigenvalue weighted by atomic mass is 9.95. The highest BCUT2D eigenvalue weighted by molar-refractivity contribution is 6.46. The van der Waals surface area contributed by atoms with Gasteiger partial charge >= 0.3 is 5.97 Å². The average molecular weight is 503 g/mol. The lowest BCUT2D eigenvalue weighted by Gasteiger charge is -2.25. The highest BCUT2D eigenvalue weighted by atomic mass is 16.5. The molecule has 0 saturated carbocycles. The third-order valence-electron chi connectivity index (χ3n) is 6.02. The van der Waals surface area contributed by atoms with E-state index in [0.29, 0.717) is 28.2 Å². The number of carbonyl (C=O) groups is 3. The maximum absolute atomic E-state index is 13.3. The van der Waals surface area contributed by atoms with Crippen LogP contribution in [0.1, 0.15) is 40.0 Å². The molecule has 1 aliphatic heterocycles. The van der Waals surface area contributed by atoms with Crippen molar-refractivity contribution in [2.75, 3.05) is 20.8 Å². The first kappa shape index (κ1) is 25.4. The number of nitrogens with zero attached hydrogens (tertiary/aromatic N) is 2. The Bertz CT molecular complexity index is 1350. The summed E-state index contributed by atoms with van der Waals surface area (Å²) in [4.78, 5) is 44.1. The zero-order valence-corrected chi connectivity index (χ0v) is 20.6. The number of Topliss-reactive ketones (excluding diaryl/α,β-unsaturated/α-hetero) is 1. The summed E-state index contributed by atoms with van der Waals surface area (Å²) in [5.74, 6) is -1.69. The first-order chi connectivity index (χ1) is 17.9. The quantitative estimate of drug-likeness (QED) is 0.213. The number of ether oxygens (including phenoxy) is 3. The van der Waals surface area contributed by atoms with Crippen molar-refractivity contribution in [2.45, 2.75) is 19.5 Å². The van der Waals surface area contributed by atoms with Gasteiger partial charge < -0.3 is 24.2 Å². The second kappa shape index (κ2) is 10.9. The van der Waals surface area contributed by atoms with E-state index in [4.69, 9.17) is 14.2 Å². The summed E-state index contributed by atoms with van der Waals surface area (Å²) < 4.78 is 15.7. The molecule has 4 rings (SSSR count). The van der Waals surface area contributed by atoms with E-state index in [1.807, 2.05) is 0 Å². The number of esters is 1. The van der Waals surface area contributed by atoms with Crippen LogP contribution in [0.3, 0.4) is 0 Å². The molecule has 1 fully saturated rings. The molecular formula is C28H26N2O7. The minimum absolute atomic E-state index is 0.0548. The van der Waals surface area contributed by atoms with Crippen molar-refractivity contribution in [3.63, 3.8) is 0 Å². The van der Waals surface area contributed by atoms with Crippen molar-refractivity contribution in [3.8, 4) is 11.5 Å². The fourth-order valence-electron chi connectivity index (χ4n) is 4.23. The maximum Gasteiger partial charge on any atom is 0.338 e. The zero-order chi connectivity index (χ0) is 26.5. The van der Waals surface area contributed by atoms with Gasteiger partial charge in [0, 0.05) is 18.9 Å². The monoisotopic (exact) mass is 502 g/mol. The predicted octanol–water partition coefficient (Wildman–Crippen LogP) is 3.90. The summed E-state index contributed by atoms with van der Waals surface area (Å²) in [6.07, 6.45) is 3.12. The number of aliphatic hydroxyl groups is 1. The van der Waals surface area contributed by atoms with Gasteiger partial charge in [-0.2, -0.15) is 0 Å². The van der Waals surface area contributed by atoms with Crippen LogP contribution in [-0.2, 0) is 20.9 Å². The van der Waals surface area contributed by atoms with Gasteiger partial charge in [0.05, 0.1) is 43.6 Å². The number of pyridine rings is 1. The minimum Gasteiger partial charge on any atom is -0.507 e. The second-order valence-corrected chi connectivity index (χ2v) is 8.20. The molecule has 0 aliphatic carbocycles. The Balaban J connectivity index is 1.79. The second-order valence-electron chi connectivity index (χ2n) is 8.20. The molecule has 0 radical (unpaired) electrons. The molecule has 0 bridgehead atoms. The van der Waals surface area contributed by atoms with E-state index in [0.717, 1.165) is 0 Å². The van der Waals surface area contributed by atoms with Gasteiger partial charge in [-0.25, -0.2) is 4.79 Å². The van der Waals surface area contributed by atoms with Crippen LogP contribution in [-0.4, -0.2) is 53.5 Å². The van der Waals surface area contributed by atoms with Gasteiger partial charge in [-0.3, -0.25) is 14.6 Å². The van der Waals surface area contributed by atoms with Crippen LogP contribution >= 0.6 is 0 Å². The van der Waals surface area contributed by atoms with E-state index in [9.17, 15) is 19.5 Å². The maximum atomic E-state index is 13.3. The molecule has 9 heteroatoms. The molecule has 1 aromatic heterocycles. The SMILES string of the molecule is CCOC(=O)c1ccc(CN2C(=O)C(=O)/C(=C(/O)c3cc(OC)ccc3OC)C2c2cccnc2)cc1. The number of methoxy groups -OCH3 is 2. The summed E-state index contributed by atoms with van der Waals surface area (Å²) in [5.41, 5.74) is 1.73. The number of amides is 1. The summed E-state index contributed by atoms with van der Waals surface area (Å²) in [7, 11) is 2.92. The van der Waals surface area contributed by atoms with Gasteiger partial charge in [-0.1, -0.05) is 18.2 Å². The molecule has 1 N–H and O–H groups in total. The van der Waals surface area contributed by atoms with Gasteiger partial charge in [-0.05, 0) is 54.4 Å². The molecule has 37 heavy (non-hydrogen) atoms. The Morgan fingerprint density at radius 2 is 1.81 bits per heavy atom. The molecule has 2 aromatic carbocycles. The number of hydrogen-bond acceptors (Lipinski definition) is 8.